The van der Waals surface area contributed by atoms with Crippen molar-refractivity contribution in [3.63, 3.8) is 0 Å². The SMILES string of the molecule is C=CCc1cc(/C=C(\C#N)C(=O)Nc2ccc(C)c(Cl)c2)cc(OC)c1O. The van der Waals surface area contributed by atoms with E-state index in [-0.39, 0.29) is 17.1 Å². The molecule has 0 saturated heterocycles. The number of amides is 1. The molecule has 1 amide bonds. The van der Waals surface area contributed by atoms with Gasteiger partial charge in [-0.15, -0.1) is 6.58 Å². The van der Waals surface area contributed by atoms with Gasteiger partial charge in [0.15, 0.2) is 11.5 Å². The number of anilines is 1. The number of aryl methyl sites for hydroxylation is 1. The Balaban J connectivity index is 2.35. The van der Waals surface area contributed by atoms with Crippen LogP contribution in [-0.2, 0) is 11.2 Å². The highest BCUT2D eigenvalue weighted by atomic mass is 35.5. The van der Waals surface area contributed by atoms with Crippen LogP contribution in [-0.4, -0.2) is 18.1 Å². The highest BCUT2D eigenvalue weighted by Crippen LogP contribution is 2.33. The summed E-state index contributed by atoms with van der Waals surface area (Å²) in [7, 11) is 1.43. The lowest BCUT2D eigenvalue weighted by Gasteiger charge is -2.10. The molecule has 2 aromatic carbocycles. The molecular formula is C21H19ClN2O3. The summed E-state index contributed by atoms with van der Waals surface area (Å²) in [4.78, 5) is 12.4. The summed E-state index contributed by atoms with van der Waals surface area (Å²) < 4.78 is 5.16. The molecule has 0 spiro atoms. The molecule has 0 aromatic heterocycles. The molecule has 138 valence electrons. The molecule has 0 aliphatic heterocycles. The van der Waals surface area contributed by atoms with Crippen LogP contribution in [0.2, 0.25) is 5.02 Å². The topological polar surface area (TPSA) is 82.4 Å². The molecule has 0 heterocycles. The van der Waals surface area contributed by atoms with Gasteiger partial charge in [0.2, 0.25) is 0 Å². The van der Waals surface area contributed by atoms with Crippen molar-refractivity contribution in [1.82, 2.24) is 0 Å². The molecule has 0 fully saturated rings. The van der Waals surface area contributed by atoms with Crippen molar-refractivity contribution < 1.29 is 14.6 Å². The number of phenolic OH excluding ortho intramolecular Hbond substituents is 1. The molecule has 2 N–H and O–H groups in total. The van der Waals surface area contributed by atoms with E-state index in [2.05, 4.69) is 11.9 Å². The Hall–Kier alpha value is -3.23. The summed E-state index contributed by atoms with van der Waals surface area (Å²) in [6, 6.07) is 10.2. The zero-order valence-electron chi connectivity index (χ0n) is 15.0. The summed E-state index contributed by atoms with van der Waals surface area (Å²) in [6.07, 6.45) is 3.49. The number of carbonyl (C=O) groups excluding carboxylic acids is 1. The van der Waals surface area contributed by atoms with E-state index in [4.69, 9.17) is 16.3 Å². The van der Waals surface area contributed by atoms with Crippen LogP contribution < -0.4 is 10.1 Å². The Labute approximate surface area is 163 Å². The Morgan fingerprint density at radius 3 is 2.74 bits per heavy atom. The molecule has 2 aromatic rings. The third kappa shape index (κ3) is 4.90. The molecule has 27 heavy (non-hydrogen) atoms. The van der Waals surface area contributed by atoms with Crippen molar-refractivity contribution >= 4 is 29.3 Å². The minimum atomic E-state index is -0.560. The first kappa shape index (κ1) is 20.1. The molecule has 0 aliphatic rings. The first-order valence-corrected chi connectivity index (χ1v) is 8.47. The molecule has 0 atom stereocenters. The van der Waals surface area contributed by atoms with E-state index in [1.54, 1.807) is 36.4 Å². The number of aromatic hydroxyl groups is 1. The van der Waals surface area contributed by atoms with E-state index in [1.807, 2.05) is 13.0 Å². The van der Waals surface area contributed by atoms with Gasteiger partial charge in [0.25, 0.3) is 5.91 Å². The average molecular weight is 383 g/mol. The van der Waals surface area contributed by atoms with Crippen molar-refractivity contribution in [3.05, 3.63) is 70.3 Å². The number of carbonyl (C=O) groups is 1. The van der Waals surface area contributed by atoms with E-state index in [0.717, 1.165) is 5.56 Å². The Morgan fingerprint density at radius 2 is 2.15 bits per heavy atom. The zero-order chi connectivity index (χ0) is 20.0. The quantitative estimate of drug-likeness (QED) is 0.433. The summed E-state index contributed by atoms with van der Waals surface area (Å²) in [6.45, 7) is 5.51. The maximum absolute atomic E-state index is 12.4. The van der Waals surface area contributed by atoms with Crippen molar-refractivity contribution in [2.75, 3.05) is 12.4 Å². The molecule has 0 saturated carbocycles. The van der Waals surface area contributed by atoms with Crippen LogP contribution in [0.3, 0.4) is 0 Å². The number of phenols is 1. The number of hydrogen-bond acceptors (Lipinski definition) is 4. The Morgan fingerprint density at radius 1 is 1.41 bits per heavy atom. The minimum absolute atomic E-state index is 0.00630. The molecule has 0 bridgehead atoms. The van der Waals surface area contributed by atoms with Crippen LogP contribution in [0.1, 0.15) is 16.7 Å². The third-order valence-corrected chi connectivity index (χ3v) is 4.27. The summed E-state index contributed by atoms with van der Waals surface area (Å²) in [5, 5.41) is 22.7. The van der Waals surface area contributed by atoms with Crippen molar-refractivity contribution in [1.29, 1.82) is 5.26 Å². The second-order valence-corrected chi connectivity index (χ2v) is 6.22. The van der Waals surface area contributed by atoms with Gasteiger partial charge in [0, 0.05) is 16.3 Å². The van der Waals surface area contributed by atoms with Crippen molar-refractivity contribution in [2.24, 2.45) is 0 Å². The predicted molar refractivity (Wildman–Crippen MR) is 107 cm³/mol. The Bertz CT molecular complexity index is 959. The predicted octanol–water partition coefficient (Wildman–Crippen LogP) is 4.64. The number of methoxy groups -OCH3 is 1. The first-order valence-electron chi connectivity index (χ1n) is 8.09. The van der Waals surface area contributed by atoms with Crippen LogP contribution >= 0.6 is 11.6 Å². The van der Waals surface area contributed by atoms with Gasteiger partial charge in [-0.1, -0.05) is 23.7 Å². The average Bonchev–Trinajstić information content (AvgIpc) is 2.65. The smallest absolute Gasteiger partial charge is 0.266 e. The first-order chi connectivity index (χ1) is 12.9. The summed E-state index contributed by atoms with van der Waals surface area (Å²) >= 11 is 6.06. The lowest BCUT2D eigenvalue weighted by molar-refractivity contribution is -0.112. The van der Waals surface area contributed by atoms with Crippen molar-refractivity contribution in [3.8, 4) is 17.6 Å². The van der Waals surface area contributed by atoms with Crippen LogP contribution in [0.15, 0.2) is 48.6 Å². The Kier molecular flexibility index (Phi) is 6.64. The maximum atomic E-state index is 12.4. The molecule has 5 nitrogen and oxygen atoms in total. The van der Waals surface area contributed by atoms with E-state index in [1.165, 1.54) is 13.2 Å². The van der Waals surface area contributed by atoms with Crippen molar-refractivity contribution in [2.45, 2.75) is 13.3 Å². The number of halogens is 1. The molecule has 0 unspecified atom stereocenters. The fourth-order valence-electron chi connectivity index (χ4n) is 2.42. The highest BCUT2D eigenvalue weighted by Gasteiger charge is 2.13. The molecule has 2 rings (SSSR count). The van der Waals surface area contributed by atoms with E-state index in [0.29, 0.717) is 28.3 Å². The van der Waals surface area contributed by atoms with Gasteiger partial charge in [-0.25, -0.2) is 0 Å². The number of nitrogens with zero attached hydrogens (tertiary/aromatic N) is 1. The van der Waals surface area contributed by atoms with Crippen LogP contribution in [0, 0.1) is 18.3 Å². The second kappa shape index (κ2) is 8.93. The fraction of sp³-hybridized carbons (Fsp3) is 0.143. The molecule has 0 aliphatic carbocycles. The van der Waals surface area contributed by atoms with Crippen LogP contribution in [0.4, 0.5) is 5.69 Å². The monoisotopic (exact) mass is 382 g/mol. The van der Waals surface area contributed by atoms with E-state index < -0.39 is 5.91 Å². The van der Waals surface area contributed by atoms with Gasteiger partial charge in [0.1, 0.15) is 11.6 Å². The number of allylic oxidation sites excluding steroid dienone is 1. The second-order valence-electron chi connectivity index (χ2n) is 5.81. The highest BCUT2D eigenvalue weighted by molar-refractivity contribution is 6.31. The molecular weight excluding hydrogens is 364 g/mol. The van der Waals surface area contributed by atoms with Gasteiger partial charge in [-0.05, 0) is 54.8 Å². The van der Waals surface area contributed by atoms with Gasteiger partial charge in [0.05, 0.1) is 7.11 Å². The minimum Gasteiger partial charge on any atom is -0.504 e. The number of ether oxygens (including phenoxy) is 1. The van der Waals surface area contributed by atoms with Gasteiger partial charge >= 0.3 is 0 Å². The van der Waals surface area contributed by atoms with E-state index >= 15 is 0 Å². The van der Waals surface area contributed by atoms with Crippen LogP contribution in [0.5, 0.6) is 11.5 Å². The molecule has 6 heteroatoms. The lowest BCUT2D eigenvalue weighted by Crippen LogP contribution is -2.13. The van der Waals surface area contributed by atoms with Gasteiger partial charge in [-0.2, -0.15) is 5.26 Å². The number of benzene rings is 2. The fourth-order valence-corrected chi connectivity index (χ4v) is 2.60. The summed E-state index contributed by atoms with van der Waals surface area (Å²) in [5.74, 6) is -0.301. The lowest BCUT2D eigenvalue weighted by atomic mass is 10.0. The molecule has 0 radical (unpaired) electrons. The largest absolute Gasteiger partial charge is 0.504 e. The standard InChI is InChI=1S/C21H19ClN2O3/c1-4-5-15-8-14(10-19(27-3)20(15)25)9-16(12-23)21(26)24-17-7-6-13(2)18(22)11-17/h4,6-11,25H,1,5H2,2-3H3,(H,24,26)/b16-9+. The number of nitrogens with one attached hydrogen (secondary N) is 1. The number of nitriles is 1. The van der Waals surface area contributed by atoms with E-state index in [9.17, 15) is 15.2 Å². The summed E-state index contributed by atoms with van der Waals surface area (Å²) in [5.41, 5.74) is 2.42. The maximum Gasteiger partial charge on any atom is 0.266 e. The van der Waals surface area contributed by atoms with Crippen LogP contribution in [0.25, 0.3) is 6.08 Å². The van der Waals surface area contributed by atoms with Gasteiger partial charge < -0.3 is 15.2 Å². The third-order valence-electron chi connectivity index (χ3n) is 3.87. The zero-order valence-corrected chi connectivity index (χ0v) is 15.8. The normalized spacial score (nSPS) is 10.8. The number of rotatable bonds is 6. The van der Waals surface area contributed by atoms with Gasteiger partial charge in [-0.3, -0.25) is 4.79 Å². The number of hydrogen-bond donors (Lipinski definition) is 2.